The first-order valence-electron chi connectivity index (χ1n) is 4.12. The lowest BCUT2D eigenvalue weighted by Gasteiger charge is -2.03. The zero-order chi connectivity index (χ0) is 9.10. The molecule has 68 valence electrons. The van der Waals surface area contributed by atoms with E-state index in [1.165, 1.54) is 4.88 Å². The summed E-state index contributed by atoms with van der Waals surface area (Å²) in [4.78, 5) is 5.48. The number of aromatic nitrogens is 2. The largest absolute Gasteiger partial charge is 0.329 e. The van der Waals surface area contributed by atoms with Crippen LogP contribution in [0.15, 0.2) is 29.9 Å². The Morgan fingerprint density at radius 3 is 3.15 bits per heavy atom. The van der Waals surface area contributed by atoms with Crippen LogP contribution in [-0.4, -0.2) is 9.55 Å². The van der Waals surface area contributed by atoms with Gasteiger partial charge in [0, 0.05) is 17.3 Å². The van der Waals surface area contributed by atoms with Crippen molar-refractivity contribution in [1.82, 2.24) is 9.55 Å². The predicted molar refractivity (Wildman–Crippen MR) is 53.5 cm³/mol. The number of hydrogen-bond donors (Lipinski definition) is 1. The second kappa shape index (κ2) is 3.72. The standard InChI is InChI=1S/C9H11N3S/c10-6-9-11-3-4-12(9)7-8-2-1-5-13-8/h1-5H,6-7,10H2. The number of nitrogens with two attached hydrogens (primary N) is 1. The molecule has 3 nitrogen and oxygen atoms in total. The summed E-state index contributed by atoms with van der Waals surface area (Å²) >= 11 is 1.75. The van der Waals surface area contributed by atoms with Crippen molar-refractivity contribution in [2.75, 3.05) is 0 Å². The Bertz CT molecular complexity index is 364. The summed E-state index contributed by atoms with van der Waals surface area (Å²) in [5.41, 5.74) is 5.54. The van der Waals surface area contributed by atoms with E-state index in [0.29, 0.717) is 6.54 Å². The molecule has 0 saturated carbocycles. The van der Waals surface area contributed by atoms with Crippen LogP contribution in [0.4, 0.5) is 0 Å². The van der Waals surface area contributed by atoms with E-state index in [-0.39, 0.29) is 0 Å². The van der Waals surface area contributed by atoms with Crippen molar-refractivity contribution in [2.45, 2.75) is 13.1 Å². The highest BCUT2D eigenvalue weighted by molar-refractivity contribution is 7.09. The Morgan fingerprint density at radius 1 is 1.54 bits per heavy atom. The van der Waals surface area contributed by atoms with Crippen LogP contribution in [0.25, 0.3) is 0 Å². The molecule has 0 aromatic carbocycles. The van der Waals surface area contributed by atoms with Gasteiger partial charge < -0.3 is 10.3 Å². The van der Waals surface area contributed by atoms with Gasteiger partial charge in [0.1, 0.15) is 5.82 Å². The van der Waals surface area contributed by atoms with Gasteiger partial charge in [-0.05, 0) is 11.4 Å². The summed E-state index contributed by atoms with van der Waals surface area (Å²) in [6.45, 7) is 1.38. The number of thiophene rings is 1. The second-order valence-corrected chi connectivity index (χ2v) is 3.79. The van der Waals surface area contributed by atoms with Crippen LogP contribution in [0, 0.1) is 0 Å². The van der Waals surface area contributed by atoms with Crippen LogP contribution in [0.2, 0.25) is 0 Å². The molecule has 2 heterocycles. The average molecular weight is 193 g/mol. The number of imidazole rings is 1. The van der Waals surface area contributed by atoms with Gasteiger partial charge in [0.05, 0.1) is 13.1 Å². The van der Waals surface area contributed by atoms with Gasteiger partial charge in [0.2, 0.25) is 0 Å². The Balaban J connectivity index is 2.18. The predicted octanol–water partition coefficient (Wildman–Crippen LogP) is 1.45. The second-order valence-electron chi connectivity index (χ2n) is 2.75. The third-order valence-corrected chi connectivity index (χ3v) is 2.75. The number of rotatable bonds is 3. The molecule has 0 bridgehead atoms. The lowest BCUT2D eigenvalue weighted by Crippen LogP contribution is -2.07. The van der Waals surface area contributed by atoms with Gasteiger partial charge >= 0.3 is 0 Å². The molecule has 2 N–H and O–H groups in total. The van der Waals surface area contributed by atoms with Gasteiger partial charge in [-0.1, -0.05) is 6.07 Å². The van der Waals surface area contributed by atoms with Crippen LogP contribution < -0.4 is 5.73 Å². The molecule has 0 saturated heterocycles. The minimum absolute atomic E-state index is 0.498. The number of nitrogens with zero attached hydrogens (tertiary/aromatic N) is 2. The zero-order valence-electron chi connectivity index (χ0n) is 7.18. The van der Waals surface area contributed by atoms with Crippen molar-refractivity contribution in [2.24, 2.45) is 5.73 Å². The Morgan fingerprint density at radius 2 is 2.46 bits per heavy atom. The van der Waals surface area contributed by atoms with Crippen LogP contribution in [0.3, 0.4) is 0 Å². The SMILES string of the molecule is NCc1nccn1Cc1cccs1. The smallest absolute Gasteiger partial charge is 0.122 e. The third kappa shape index (κ3) is 1.79. The molecular weight excluding hydrogens is 182 g/mol. The number of hydrogen-bond acceptors (Lipinski definition) is 3. The molecule has 0 aliphatic heterocycles. The van der Waals surface area contributed by atoms with Gasteiger partial charge in [0.15, 0.2) is 0 Å². The highest BCUT2D eigenvalue weighted by atomic mass is 32.1. The molecule has 0 amide bonds. The molecule has 0 fully saturated rings. The highest BCUT2D eigenvalue weighted by Crippen LogP contribution is 2.11. The molecule has 13 heavy (non-hydrogen) atoms. The maximum Gasteiger partial charge on any atom is 0.122 e. The van der Waals surface area contributed by atoms with E-state index in [1.807, 2.05) is 6.20 Å². The first-order chi connectivity index (χ1) is 6.40. The van der Waals surface area contributed by atoms with Crippen molar-refractivity contribution in [3.63, 3.8) is 0 Å². The monoisotopic (exact) mass is 193 g/mol. The lowest BCUT2D eigenvalue weighted by molar-refractivity contribution is 0.732. The van der Waals surface area contributed by atoms with Crippen molar-refractivity contribution in [3.05, 3.63) is 40.6 Å². The van der Waals surface area contributed by atoms with E-state index in [1.54, 1.807) is 17.5 Å². The zero-order valence-corrected chi connectivity index (χ0v) is 8.00. The molecular formula is C9H11N3S. The minimum Gasteiger partial charge on any atom is -0.329 e. The maximum atomic E-state index is 5.54. The first-order valence-corrected chi connectivity index (χ1v) is 5.00. The fraction of sp³-hybridized carbons (Fsp3) is 0.222. The summed E-state index contributed by atoms with van der Waals surface area (Å²) in [6, 6.07) is 4.17. The maximum absolute atomic E-state index is 5.54. The minimum atomic E-state index is 0.498. The first kappa shape index (κ1) is 8.47. The van der Waals surface area contributed by atoms with Crippen molar-refractivity contribution in [3.8, 4) is 0 Å². The van der Waals surface area contributed by atoms with E-state index in [4.69, 9.17) is 5.73 Å². The van der Waals surface area contributed by atoms with Crippen LogP contribution in [0.1, 0.15) is 10.7 Å². The quantitative estimate of drug-likeness (QED) is 0.801. The fourth-order valence-electron chi connectivity index (χ4n) is 1.24. The summed E-state index contributed by atoms with van der Waals surface area (Å²) in [5, 5.41) is 2.08. The molecule has 0 radical (unpaired) electrons. The normalized spacial score (nSPS) is 10.5. The summed E-state index contributed by atoms with van der Waals surface area (Å²) in [5.74, 6) is 0.938. The van der Waals surface area contributed by atoms with Crippen molar-refractivity contribution in [1.29, 1.82) is 0 Å². The van der Waals surface area contributed by atoms with Crippen LogP contribution in [-0.2, 0) is 13.1 Å². The highest BCUT2D eigenvalue weighted by Gasteiger charge is 2.01. The lowest BCUT2D eigenvalue weighted by atomic mass is 10.4. The molecule has 2 aromatic heterocycles. The summed E-state index contributed by atoms with van der Waals surface area (Å²) in [6.07, 6.45) is 3.75. The topological polar surface area (TPSA) is 43.8 Å². The molecule has 2 aromatic rings. The molecule has 0 aliphatic rings. The Labute approximate surface area is 80.8 Å². The molecule has 0 spiro atoms. The molecule has 2 rings (SSSR count). The van der Waals surface area contributed by atoms with Crippen LogP contribution >= 0.6 is 11.3 Å². The molecule has 4 heteroatoms. The molecule has 0 unspecified atom stereocenters. The fourth-order valence-corrected chi connectivity index (χ4v) is 1.95. The van der Waals surface area contributed by atoms with E-state index in [9.17, 15) is 0 Å². The van der Waals surface area contributed by atoms with E-state index >= 15 is 0 Å². The average Bonchev–Trinajstić information content (AvgIpc) is 2.76. The van der Waals surface area contributed by atoms with Crippen LogP contribution in [0.5, 0.6) is 0 Å². The van der Waals surface area contributed by atoms with Gasteiger partial charge in [0.25, 0.3) is 0 Å². The summed E-state index contributed by atoms with van der Waals surface area (Å²) < 4.78 is 2.08. The van der Waals surface area contributed by atoms with Gasteiger partial charge in [-0.3, -0.25) is 0 Å². The van der Waals surface area contributed by atoms with E-state index < -0.39 is 0 Å². The molecule has 0 atom stereocenters. The van der Waals surface area contributed by atoms with Crippen molar-refractivity contribution < 1.29 is 0 Å². The van der Waals surface area contributed by atoms with Gasteiger partial charge in [-0.2, -0.15) is 0 Å². The van der Waals surface area contributed by atoms with E-state index in [2.05, 4.69) is 27.1 Å². The Kier molecular flexibility index (Phi) is 2.42. The van der Waals surface area contributed by atoms with E-state index in [0.717, 1.165) is 12.4 Å². The summed E-state index contributed by atoms with van der Waals surface area (Å²) in [7, 11) is 0. The van der Waals surface area contributed by atoms with Gasteiger partial charge in [-0.25, -0.2) is 4.98 Å². The third-order valence-electron chi connectivity index (χ3n) is 1.89. The van der Waals surface area contributed by atoms with Gasteiger partial charge in [-0.15, -0.1) is 11.3 Å². The molecule has 0 aliphatic carbocycles. The van der Waals surface area contributed by atoms with Crippen molar-refractivity contribution >= 4 is 11.3 Å². The Hall–Kier alpha value is -1.13.